The van der Waals surface area contributed by atoms with Gasteiger partial charge in [-0.2, -0.15) is 18.3 Å². The number of hydrogen-bond donors (Lipinski definition) is 0. The first-order valence-corrected chi connectivity index (χ1v) is 29.5. The van der Waals surface area contributed by atoms with Crippen LogP contribution in [0.5, 0.6) is 23.0 Å². The number of benzene rings is 8. The van der Waals surface area contributed by atoms with Crippen LogP contribution in [0.15, 0.2) is 237 Å². The molecule has 0 saturated carbocycles. The van der Waals surface area contributed by atoms with Gasteiger partial charge in [-0.25, -0.2) is 4.98 Å². The Balaban J connectivity index is 0.844. The molecule has 18 aromatic rings. The molecule has 0 atom stereocenters. The summed E-state index contributed by atoms with van der Waals surface area (Å²) >= 11 is 0. The van der Waals surface area contributed by atoms with Crippen molar-refractivity contribution in [2.45, 2.75) is 6.54 Å². The fraction of sp³-hybridized carbons (Fsp3) is 0.0526. The van der Waals surface area contributed by atoms with Gasteiger partial charge in [-0.1, -0.05) is 91.0 Å². The number of aromatic nitrogens is 6. The highest BCUT2D eigenvalue weighted by molar-refractivity contribution is 6.41. The lowest BCUT2D eigenvalue weighted by Crippen LogP contribution is -2.39. The summed E-state index contributed by atoms with van der Waals surface area (Å²) in [4.78, 5) is 4.98. The van der Waals surface area contributed by atoms with Gasteiger partial charge < -0.3 is 27.1 Å². The maximum Gasteiger partial charge on any atom is 0.387 e. The van der Waals surface area contributed by atoms with E-state index in [1.54, 1.807) is 0 Å². The van der Waals surface area contributed by atoms with E-state index in [0.717, 1.165) is 182 Å². The predicted octanol–water partition coefficient (Wildman–Crippen LogP) is 15.6. The van der Waals surface area contributed by atoms with Crippen molar-refractivity contribution in [3.05, 3.63) is 247 Å². The molecule has 12 heteroatoms. The van der Waals surface area contributed by atoms with E-state index in [-0.39, 0.29) is 0 Å². The molecule has 0 unspecified atom stereocenters. The lowest BCUT2D eigenvalue weighted by atomic mass is 9.85. The normalized spacial score (nSPS) is 13.9. The van der Waals surface area contributed by atoms with Crippen molar-refractivity contribution in [2.75, 3.05) is 0 Å². The smallest absolute Gasteiger partial charge is 0.387 e. The second-order valence-electron chi connectivity index (χ2n) is 23.3. The van der Waals surface area contributed by atoms with Crippen LogP contribution in [0.25, 0.3) is 148 Å². The van der Waals surface area contributed by atoms with Crippen LogP contribution in [0.1, 0.15) is 28.1 Å². The molecule has 8 aromatic carbocycles. The van der Waals surface area contributed by atoms with E-state index in [0.29, 0.717) is 23.6 Å². The molecular weight excluding hydrogens is 1090 g/mol. The molecule has 0 N–H and O–H groups in total. The monoisotopic (exact) mass is 1140 g/mol. The maximum atomic E-state index is 7.32. The third-order valence-electron chi connectivity index (χ3n) is 18.6. The van der Waals surface area contributed by atoms with Crippen molar-refractivity contribution in [1.29, 1.82) is 0 Å². The molecule has 12 heterocycles. The Kier molecular flexibility index (Phi) is 9.30. The van der Waals surface area contributed by atoms with Crippen molar-refractivity contribution in [1.82, 2.24) is 4.98 Å². The Morgan fingerprint density at radius 2 is 0.932 bits per heavy atom. The number of para-hydroxylation sites is 4. The van der Waals surface area contributed by atoms with E-state index in [1.165, 1.54) is 0 Å². The zero-order valence-electron chi connectivity index (χ0n) is 47.6. The number of aryl methyl sites for hydroxylation is 3. The van der Waals surface area contributed by atoms with Crippen LogP contribution in [0.4, 0.5) is 0 Å². The lowest BCUT2D eigenvalue weighted by molar-refractivity contribution is -0.677. The number of rotatable bonds is 3. The zero-order valence-corrected chi connectivity index (χ0v) is 47.6. The van der Waals surface area contributed by atoms with Crippen LogP contribution < -0.4 is 32.3 Å². The summed E-state index contributed by atoms with van der Waals surface area (Å²) in [6, 6.07) is 63.3. The summed E-state index contributed by atoms with van der Waals surface area (Å²) in [6.45, 7) is 0.429. The molecule has 0 fully saturated rings. The van der Waals surface area contributed by atoms with E-state index in [9.17, 15) is 0 Å². The number of pyridine rings is 6. The molecule has 2 aliphatic rings. The molecule has 10 aromatic heterocycles. The second-order valence-corrected chi connectivity index (χ2v) is 23.3. The Morgan fingerprint density at radius 1 is 0.364 bits per heavy atom. The predicted molar refractivity (Wildman–Crippen MR) is 339 cm³/mol. The first-order valence-electron chi connectivity index (χ1n) is 29.5. The Hall–Kier alpha value is -11.8. The molecule has 12 nitrogen and oxygen atoms in total. The number of ether oxygens (including phenoxy) is 2. The van der Waals surface area contributed by atoms with Crippen molar-refractivity contribution in [3.63, 3.8) is 0 Å². The molecule has 88 heavy (non-hydrogen) atoms. The zero-order chi connectivity index (χ0) is 57.8. The van der Waals surface area contributed by atoms with Crippen LogP contribution in [-0.4, -0.2) is 4.98 Å². The topological polar surface area (TPSA) is 103 Å². The Labute approximate surface area is 498 Å². The fourth-order valence-electron chi connectivity index (χ4n) is 15.0. The van der Waals surface area contributed by atoms with Crippen LogP contribution in [0.3, 0.4) is 0 Å². The summed E-state index contributed by atoms with van der Waals surface area (Å²) in [5, 5.41) is 16.5. The third kappa shape index (κ3) is 6.21. The van der Waals surface area contributed by atoms with Crippen molar-refractivity contribution < 1.29 is 50.0 Å². The van der Waals surface area contributed by atoms with Crippen LogP contribution in [0, 0.1) is 0 Å². The van der Waals surface area contributed by atoms with Gasteiger partial charge in [-0.05, 0) is 70.8 Å². The van der Waals surface area contributed by atoms with Crippen LogP contribution in [-0.2, 0) is 27.7 Å². The van der Waals surface area contributed by atoms with Crippen molar-refractivity contribution >= 4 is 143 Å². The molecule has 412 valence electrons. The minimum Gasteiger partial charge on any atom is -0.450 e. The summed E-state index contributed by atoms with van der Waals surface area (Å²) in [6.07, 6.45) is 12.3. The third-order valence-corrected chi connectivity index (χ3v) is 18.6. The largest absolute Gasteiger partial charge is 0.450 e. The van der Waals surface area contributed by atoms with Gasteiger partial charge in [0.1, 0.15) is 54.8 Å². The summed E-state index contributed by atoms with van der Waals surface area (Å²) < 4.78 is 53.1. The average molecular weight is 1140 g/mol. The highest BCUT2D eigenvalue weighted by atomic mass is 16.5. The molecule has 0 aliphatic carbocycles. The van der Waals surface area contributed by atoms with Gasteiger partial charge in [0, 0.05) is 102 Å². The summed E-state index contributed by atoms with van der Waals surface area (Å²) in [5.41, 5.74) is 13.6. The van der Waals surface area contributed by atoms with Crippen molar-refractivity contribution in [2.24, 2.45) is 21.1 Å². The second kappa shape index (κ2) is 17.2. The minimum absolute atomic E-state index is 0.429. The van der Waals surface area contributed by atoms with Crippen LogP contribution >= 0.6 is 0 Å². The summed E-state index contributed by atoms with van der Waals surface area (Å²) in [7, 11) is 6.21. The fourth-order valence-corrected chi connectivity index (χ4v) is 15.0. The van der Waals surface area contributed by atoms with E-state index in [2.05, 4.69) is 203 Å². The highest BCUT2D eigenvalue weighted by Crippen LogP contribution is 2.53. The minimum atomic E-state index is 0.429. The first kappa shape index (κ1) is 47.6. The Bertz CT molecular complexity index is 6280. The molecular formula is C76H47N6O6+5. The highest BCUT2D eigenvalue weighted by Gasteiger charge is 2.41. The number of hydrogen-bond acceptors (Lipinski definition) is 7. The molecule has 20 rings (SSSR count). The standard InChI is InChI=1S/C76H47N6O6/c1-78-35-15-30-58-69(78)65(47-17-5-7-25-53(47)83-58)66-48-18-6-8-26-54(48)84-71-41(32-38-79(2)70(66)71)40-81-39-33-45-43-20-12-29-57-60(43)64(61-46-16-4-9-27-55(46)85-76(81)68(45)61)51-23-14-37-82(75(51)87-57)52-24-10-21-49-62-63-50-22-13-36-80(3)74(50)86-56-28-11-19-42(59(56)63)44-31-34-77-73(67(44)62)88-72(49)52/h4-39H,40H2,1-3H3/q+5. The molecule has 0 amide bonds. The average Bonchev–Trinajstić information content (AvgIpc) is 0.745. The quantitative estimate of drug-likeness (QED) is 0.0986. The SMILES string of the molecule is C[n+]1cccc2c1C(=C1c3ccccc3Oc3c(C[n+]4ccc5c6cccc7oc8c(ccc[n+]8-c8cccc9c8oc8nccc%10c%11cccc%12oc%13c(ccc[n+]%13C)c(c%12%11)c9c8%10)c(c76)c6c7ccccc7oc4c56)cc[n+](C)c31)c1ccccc1O2. The first-order chi connectivity index (χ1) is 43.4. The Morgan fingerprint density at radius 3 is 1.75 bits per heavy atom. The van der Waals surface area contributed by atoms with E-state index in [4.69, 9.17) is 32.1 Å². The van der Waals surface area contributed by atoms with E-state index >= 15 is 0 Å². The van der Waals surface area contributed by atoms with E-state index < -0.39 is 0 Å². The van der Waals surface area contributed by atoms with Gasteiger partial charge in [0.15, 0.2) is 43.3 Å². The van der Waals surface area contributed by atoms with Gasteiger partial charge in [0.2, 0.25) is 17.0 Å². The van der Waals surface area contributed by atoms with Gasteiger partial charge in [0.05, 0.1) is 32.9 Å². The maximum absolute atomic E-state index is 7.32. The van der Waals surface area contributed by atoms with Gasteiger partial charge in [-0.3, -0.25) is 0 Å². The molecule has 2 aliphatic heterocycles. The van der Waals surface area contributed by atoms with Gasteiger partial charge in [-0.15, -0.1) is 4.57 Å². The molecule has 0 bridgehead atoms. The molecule has 0 spiro atoms. The number of fused-ring (bicyclic) bond motifs is 16. The van der Waals surface area contributed by atoms with Crippen molar-refractivity contribution in [3.8, 4) is 28.7 Å². The lowest BCUT2D eigenvalue weighted by Gasteiger charge is -2.26. The van der Waals surface area contributed by atoms with E-state index in [1.807, 2.05) is 60.4 Å². The van der Waals surface area contributed by atoms with Crippen LogP contribution in [0.2, 0.25) is 0 Å². The molecule has 0 radical (unpaired) electrons. The van der Waals surface area contributed by atoms with Gasteiger partial charge >= 0.3 is 17.1 Å². The molecule has 0 saturated heterocycles. The number of nitrogens with zero attached hydrogens (tertiary/aromatic N) is 6. The van der Waals surface area contributed by atoms with Gasteiger partial charge in [0.25, 0.3) is 17.1 Å². The summed E-state index contributed by atoms with van der Waals surface area (Å²) in [5.74, 6) is 3.15.